The van der Waals surface area contributed by atoms with Crippen molar-refractivity contribution in [2.45, 2.75) is 62.1 Å². The predicted molar refractivity (Wildman–Crippen MR) is 116 cm³/mol. The topological polar surface area (TPSA) is 50.4 Å². The highest BCUT2D eigenvalue weighted by Gasteiger charge is 2.47. The molecule has 35 heavy (non-hydrogen) atoms. The van der Waals surface area contributed by atoms with Crippen LogP contribution in [0.4, 0.5) is 26.3 Å². The minimum atomic E-state index is -4.92. The monoisotopic (exact) mass is 500 g/mol. The standard InChI is InChI=1S/C25H26F6N2O2/c1-16(17-11-19(24(26,27)28)13-20(12-17)25(29,30)31)35-15-23(18-5-3-2-4-6-18)10-9-22(14-32-23)8-7-21(34)33-22/h2-6,11-13,16,32H,7-10,14-15H2,1H3,(H,33,34)/t16-,22?,23?/m1/s1. The van der Waals surface area contributed by atoms with Gasteiger partial charge in [0.2, 0.25) is 5.91 Å². The molecule has 0 saturated carbocycles. The van der Waals surface area contributed by atoms with Crippen LogP contribution in [0.5, 0.6) is 0 Å². The summed E-state index contributed by atoms with van der Waals surface area (Å²) >= 11 is 0. The van der Waals surface area contributed by atoms with Gasteiger partial charge in [0.05, 0.1) is 34.9 Å². The zero-order chi connectivity index (χ0) is 25.5. The fraction of sp³-hybridized carbons (Fsp3) is 0.480. The lowest BCUT2D eigenvalue weighted by Gasteiger charge is -2.46. The molecule has 2 aromatic carbocycles. The number of carbonyl (C=O) groups excluding carboxylic acids is 1. The fourth-order valence-corrected chi connectivity index (χ4v) is 4.85. The van der Waals surface area contributed by atoms with Gasteiger partial charge < -0.3 is 15.4 Å². The van der Waals surface area contributed by atoms with Gasteiger partial charge in [-0.25, -0.2) is 0 Å². The molecule has 2 aliphatic heterocycles. The molecular weight excluding hydrogens is 474 g/mol. The highest BCUT2D eigenvalue weighted by Crippen LogP contribution is 2.40. The van der Waals surface area contributed by atoms with Crippen LogP contribution >= 0.6 is 0 Å². The zero-order valence-corrected chi connectivity index (χ0v) is 19.0. The van der Waals surface area contributed by atoms with E-state index in [9.17, 15) is 31.1 Å². The van der Waals surface area contributed by atoms with Crippen LogP contribution in [0.25, 0.3) is 0 Å². The van der Waals surface area contributed by atoms with Gasteiger partial charge in [-0.1, -0.05) is 30.3 Å². The van der Waals surface area contributed by atoms with Crippen molar-refractivity contribution in [2.24, 2.45) is 0 Å². The highest BCUT2D eigenvalue weighted by molar-refractivity contribution is 5.79. The Morgan fingerprint density at radius 2 is 1.57 bits per heavy atom. The van der Waals surface area contributed by atoms with E-state index < -0.39 is 35.1 Å². The molecule has 1 spiro atoms. The number of amides is 1. The number of halogens is 6. The molecule has 2 fully saturated rings. The third-order valence-electron chi connectivity index (χ3n) is 7.02. The number of benzene rings is 2. The number of carbonyl (C=O) groups is 1. The molecule has 3 atom stereocenters. The lowest BCUT2D eigenvalue weighted by molar-refractivity contribution is -0.143. The molecule has 10 heteroatoms. The Morgan fingerprint density at radius 3 is 2.06 bits per heavy atom. The first kappa shape index (κ1) is 25.5. The zero-order valence-electron chi connectivity index (χ0n) is 19.0. The maximum atomic E-state index is 13.3. The van der Waals surface area contributed by atoms with Crippen LogP contribution in [0.2, 0.25) is 0 Å². The second-order valence-electron chi connectivity index (χ2n) is 9.42. The summed E-state index contributed by atoms with van der Waals surface area (Å²) < 4.78 is 85.6. The molecule has 2 unspecified atom stereocenters. The SMILES string of the molecule is C[C@@H](OCC1(c2ccccc2)CCC2(CCC(=O)N2)CN1)c1cc(C(F)(F)F)cc(C(F)(F)F)c1. The molecule has 1 amide bonds. The Labute approximate surface area is 199 Å². The average molecular weight is 500 g/mol. The second-order valence-corrected chi connectivity index (χ2v) is 9.42. The molecule has 2 aliphatic rings. The number of nitrogens with one attached hydrogen (secondary N) is 2. The minimum Gasteiger partial charge on any atom is -0.372 e. The summed E-state index contributed by atoms with van der Waals surface area (Å²) in [5, 5.41) is 6.52. The molecule has 4 nitrogen and oxygen atoms in total. The van der Waals surface area contributed by atoms with Gasteiger partial charge in [-0.15, -0.1) is 0 Å². The van der Waals surface area contributed by atoms with E-state index in [1.807, 2.05) is 30.3 Å². The van der Waals surface area contributed by atoms with Crippen molar-refractivity contribution in [1.82, 2.24) is 10.6 Å². The van der Waals surface area contributed by atoms with E-state index >= 15 is 0 Å². The van der Waals surface area contributed by atoms with Crippen molar-refractivity contribution in [1.29, 1.82) is 0 Å². The summed E-state index contributed by atoms with van der Waals surface area (Å²) in [5.41, 5.74) is -3.11. The first-order chi connectivity index (χ1) is 16.3. The third-order valence-corrected chi connectivity index (χ3v) is 7.02. The lowest BCUT2D eigenvalue weighted by atomic mass is 9.76. The van der Waals surface area contributed by atoms with Gasteiger partial charge in [0.25, 0.3) is 0 Å². The smallest absolute Gasteiger partial charge is 0.372 e. The number of rotatable bonds is 5. The predicted octanol–water partition coefficient (Wildman–Crippen LogP) is 5.73. The van der Waals surface area contributed by atoms with Crippen LogP contribution in [0.3, 0.4) is 0 Å². The first-order valence-corrected chi connectivity index (χ1v) is 11.3. The molecule has 2 aromatic rings. The molecule has 190 valence electrons. The van der Waals surface area contributed by atoms with Crippen LogP contribution in [0.15, 0.2) is 48.5 Å². The molecule has 0 bridgehead atoms. The Morgan fingerprint density at radius 1 is 0.943 bits per heavy atom. The molecule has 4 rings (SSSR count). The number of hydrogen-bond donors (Lipinski definition) is 2. The van der Waals surface area contributed by atoms with Crippen molar-refractivity contribution in [3.63, 3.8) is 0 Å². The molecule has 0 aromatic heterocycles. The Balaban J connectivity index is 1.58. The van der Waals surface area contributed by atoms with Crippen LogP contribution in [0, 0.1) is 0 Å². The number of piperidine rings is 1. The van der Waals surface area contributed by atoms with Crippen LogP contribution < -0.4 is 10.6 Å². The molecule has 0 aliphatic carbocycles. The van der Waals surface area contributed by atoms with Gasteiger partial charge >= 0.3 is 12.4 Å². The van der Waals surface area contributed by atoms with Gasteiger partial charge in [0.15, 0.2) is 0 Å². The second kappa shape index (κ2) is 9.13. The summed E-state index contributed by atoms with van der Waals surface area (Å²) in [6.45, 7) is 1.95. The quantitative estimate of drug-likeness (QED) is 0.516. The molecule has 2 N–H and O–H groups in total. The van der Waals surface area contributed by atoms with Gasteiger partial charge in [0.1, 0.15) is 0 Å². The van der Waals surface area contributed by atoms with Crippen LogP contribution in [0.1, 0.15) is 61.0 Å². The summed E-state index contributed by atoms with van der Waals surface area (Å²) in [6, 6.07) is 10.9. The number of ether oxygens (including phenoxy) is 1. The van der Waals surface area contributed by atoms with E-state index in [0.29, 0.717) is 44.4 Å². The van der Waals surface area contributed by atoms with Gasteiger partial charge in [-0.05, 0) is 55.5 Å². The maximum Gasteiger partial charge on any atom is 0.416 e. The molecule has 0 radical (unpaired) electrons. The van der Waals surface area contributed by atoms with E-state index in [1.165, 1.54) is 6.92 Å². The molecular formula is C25H26F6N2O2. The Bertz CT molecular complexity index is 1030. The summed E-state index contributed by atoms with van der Waals surface area (Å²) in [4.78, 5) is 11.8. The first-order valence-electron chi connectivity index (χ1n) is 11.3. The van der Waals surface area contributed by atoms with E-state index in [0.717, 1.165) is 5.56 Å². The van der Waals surface area contributed by atoms with E-state index in [4.69, 9.17) is 4.74 Å². The van der Waals surface area contributed by atoms with Crippen molar-refractivity contribution >= 4 is 5.91 Å². The van der Waals surface area contributed by atoms with E-state index in [1.54, 1.807) is 0 Å². The van der Waals surface area contributed by atoms with Gasteiger partial charge in [0, 0.05) is 13.0 Å². The van der Waals surface area contributed by atoms with Gasteiger partial charge in [-0.3, -0.25) is 4.79 Å². The summed E-state index contributed by atoms with van der Waals surface area (Å²) in [5.74, 6) is -0.00565. The number of hydrogen-bond acceptors (Lipinski definition) is 3. The highest BCUT2D eigenvalue weighted by atomic mass is 19.4. The summed E-state index contributed by atoms with van der Waals surface area (Å²) in [6.07, 6.45) is -8.49. The third kappa shape index (κ3) is 5.48. The van der Waals surface area contributed by atoms with E-state index in [2.05, 4.69) is 10.6 Å². The van der Waals surface area contributed by atoms with Crippen molar-refractivity contribution in [3.05, 3.63) is 70.8 Å². The van der Waals surface area contributed by atoms with Gasteiger partial charge in [-0.2, -0.15) is 26.3 Å². The van der Waals surface area contributed by atoms with Crippen LogP contribution in [-0.2, 0) is 27.4 Å². The molecule has 2 heterocycles. The minimum absolute atomic E-state index is 0.00565. The fourth-order valence-electron chi connectivity index (χ4n) is 4.85. The van der Waals surface area contributed by atoms with E-state index in [-0.39, 0.29) is 29.7 Å². The summed E-state index contributed by atoms with van der Waals surface area (Å²) in [7, 11) is 0. The van der Waals surface area contributed by atoms with Crippen molar-refractivity contribution in [2.75, 3.05) is 13.2 Å². The normalized spacial score (nSPS) is 26.1. The van der Waals surface area contributed by atoms with Crippen LogP contribution in [-0.4, -0.2) is 24.6 Å². The molecule has 2 saturated heterocycles. The largest absolute Gasteiger partial charge is 0.416 e. The van der Waals surface area contributed by atoms with Crippen molar-refractivity contribution < 1.29 is 35.9 Å². The maximum absolute atomic E-state index is 13.3. The number of alkyl halides is 6. The average Bonchev–Trinajstić information content (AvgIpc) is 3.18. The lowest BCUT2D eigenvalue weighted by Crippen LogP contribution is -2.61. The van der Waals surface area contributed by atoms with Crippen molar-refractivity contribution in [3.8, 4) is 0 Å². The Kier molecular flexibility index (Phi) is 6.65. The Hall–Kier alpha value is -2.59.